The number of aryl methyl sites for hydroxylation is 2. The van der Waals surface area contributed by atoms with Crippen LogP contribution in [0.25, 0.3) is 11.1 Å². The van der Waals surface area contributed by atoms with Crippen molar-refractivity contribution < 1.29 is 4.42 Å². The van der Waals surface area contributed by atoms with E-state index in [0.29, 0.717) is 12.0 Å². The van der Waals surface area contributed by atoms with Gasteiger partial charge < -0.3 is 10.2 Å². The summed E-state index contributed by atoms with van der Waals surface area (Å²) >= 11 is 0. The lowest BCUT2D eigenvalue weighted by Crippen LogP contribution is -2.25. The van der Waals surface area contributed by atoms with Crippen LogP contribution in [0.1, 0.15) is 48.6 Å². The first-order chi connectivity index (χ1) is 8.63. The molecule has 0 saturated heterocycles. The molecule has 0 radical (unpaired) electrons. The summed E-state index contributed by atoms with van der Waals surface area (Å²) < 4.78 is 5.98. The quantitative estimate of drug-likeness (QED) is 0.836. The van der Waals surface area contributed by atoms with E-state index in [4.69, 9.17) is 10.2 Å². The number of aromatic nitrogens is 1. The molecule has 2 N–H and O–H groups in total. The van der Waals surface area contributed by atoms with E-state index in [1.807, 2.05) is 0 Å². The van der Waals surface area contributed by atoms with E-state index in [2.05, 4.69) is 31.0 Å². The van der Waals surface area contributed by atoms with Gasteiger partial charge in [0.25, 0.3) is 0 Å². The van der Waals surface area contributed by atoms with E-state index in [-0.39, 0.29) is 0 Å². The highest BCUT2D eigenvalue weighted by Crippen LogP contribution is 2.34. The third-order valence-electron chi connectivity index (χ3n) is 3.96. The van der Waals surface area contributed by atoms with Gasteiger partial charge in [0.1, 0.15) is 5.52 Å². The number of rotatable bonds is 1. The summed E-state index contributed by atoms with van der Waals surface area (Å²) in [4.78, 5) is 4.68. The standard InChI is InChI=1S/C15H20N2O/c1-9-7-10(2)14-13(8-9)17-15(18-14)11-3-5-12(16)6-4-11/h7-8,11-12H,3-6,16H2,1-2H3. The number of hydrogen-bond acceptors (Lipinski definition) is 3. The van der Waals surface area contributed by atoms with Crippen LogP contribution in [0, 0.1) is 13.8 Å². The number of fused-ring (bicyclic) bond motifs is 1. The topological polar surface area (TPSA) is 52.0 Å². The fourth-order valence-corrected chi connectivity index (χ4v) is 2.93. The lowest BCUT2D eigenvalue weighted by molar-refractivity contribution is 0.346. The van der Waals surface area contributed by atoms with Crippen LogP contribution < -0.4 is 5.73 Å². The maximum absolute atomic E-state index is 5.98. The lowest BCUT2D eigenvalue weighted by atomic mass is 9.86. The van der Waals surface area contributed by atoms with Gasteiger partial charge in [-0.1, -0.05) is 6.07 Å². The average Bonchev–Trinajstić information content (AvgIpc) is 2.74. The number of oxazole rings is 1. The first-order valence-electron chi connectivity index (χ1n) is 6.77. The van der Waals surface area contributed by atoms with Crippen molar-refractivity contribution in [2.24, 2.45) is 5.73 Å². The summed E-state index contributed by atoms with van der Waals surface area (Å²) in [6.07, 6.45) is 4.38. The molecule has 3 rings (SSSR count). The Hall–Kier alpha value is -1.35. The predicted octanol–water partition coefficient (Wildman–Crippen LogP) is 3.43. The molecule has 1 fully saturated rings. The van der Waals surface area contributed by atoms with Crippen molar-refractivity contribution in [3.05, 3.63) is 29.2 Å². The minimum atomic E-state index is 0.370. The zero-order chi connectivity index (χ0) is 12.7. The molecule has 1 saturated carbocycles. The second-order valence-corrected chi connectivity index (χ2v) is 5.59. The highest BCUT2D eigenvalue weighted by Gasteiger charge is 2.24. The van der Waals surface area contributed by atoms with Crippen molar-refractivity contribution in [1.29, 1.82) is 0 Å². The van der Waals surface area contributed by atoms with E-state index in [1.54, 1.807) is 0 Å². The van der Waals surface area contributed by atoms with Crippen LogP contribution in [-0.2, 0) is 0 Å². The molecule has 1 aromatic carbocycles. The number of nitrogens with two attached hydrogens (primary N) is 1. The van der Waals surface area contributed by atoms with Crippen molar-refractivity contribution >= 4 is 11.1 Å². The molecule has 0 aliphatic heterocycles. The maximum atomic E-state index is 5.98. The van der Waals surface area contributed by atoms with Crippen LogP contribution in [0.15, 0.2) is 16.5 Å². The Kier molecular flexibility index (Phi) is 2.86. The third kappa shape index (κ3) is 2.03. The molecule has 96 valence electrons. The first-order valence-corrected chi connectivity index (χ1v) is 6.77. The van der Waals surface area contributed by atoms with Gasteiger partial charge in [0.15, 0.2) is 11.5 Å². The highest BCUT2D eigenvalue weighted by molar-refractivity contribution is 5.77. The molecule has 2 aromatic rings. The fraction of sp³-hybridized carbons (Fsp3) is 0.533. The fourth-order valence-electron chi connectivity index (χ4n) is 2.93. The van der Waals surface area contributed by atoms with Crippen LogP contribution in [0.3, 0.4) is 0 Å². The molecule has 3 heteroatoms. The predicted molar refractivity (Wildman–Crippen MR) is 72.7 cm³/mol. The molecule has 1 aromatic heterocycles. The van der Waals surface area contributed by atoms with Gasteiger partial charge in [0, 0.05) is 12.0 Å². The van der Waals surface area contributed by atoms with E-state index in [0.717, 1.165) is 42.7 Å². The van der Waals surface area contributed by atoms with Crippen molar-refractivity contribution in [3.8, 4) is 0 Å². The summed E-state index contributed by atoms with van der Waals surface area (Å²) in [5, 5.41) is 0. The lowest BCUT2D eigenvalue weighted by Gasteiger charge is -2.23. The monoisotopic (exact) mass is 244 g/mol. The van der Waals surface area contributed by atoms with Gasteiger partial charge in [0.2, 0.25) is 0 Å². The van der Waals surface area contributed by atoms with Crippen molar-refractivity contribution in [3.63, 3.8) is 0 Å². The Morgan fingerprint density at radius 1 is 1.17 bits per heavy atom. The molecular weight excluding hydrogens is 224 g/mol. The molecule has 1 aliphatic carbocycles. The normalized spacial score (nSPS) is 24.6. The second kappa shape index (κ2) is 4.39. The third-order valence-corrected chi connectivity index (χ3v) is 3.96. The molecule has 18 heavy (non-hydrogen) atoms. The maximum Gasteiger partial charge on any atom is 0.198 e. The largest absolute Gasteiger partial charge is 0.440 e. The molecule has 0 amide bonds. The Labute approximate surface area is 107 Å². The van der Waals surface area contributed by atoms with Gasteiger partial charge in [-0.05, 0) is 56.7 Å². The molecule has 0 bridgehead atoms. The molecule has 1 aliphatic rings. The van der Waals surface area contributed by atoms with Gasteiger partial charge in [-0.25, -0.2) is 4.98 Å². The van der Waals surface area contributed by atoms with Crippen molar-refractivity contribution in [2.75, 3.05) is 0 Å². The molecule has 0 atom stereocenters. The van der Waals surface area contributed by atoms with Gasteiger partial charge in [0.05, 0.1) is 0 Å². The van der Waals surface area contributed by atoms with Crippen LogP contribution in [-0.4, -0.2) is 11.0 Å². The van der Waals surface area contributed by atoms with E-state index in [9.17, 15) is 0 Å². The number of hydrogen-bond donors (Lipinski definition) is 1. The molecule has 0 unspecified atom stereocenters. The summed E-state index contributed by atoms with van der Waals surface area (Å²) in [6, 6.07) is 4.62. The number of benzene rings is 1. The van der Waals surface area contributed by atoms with Crippen molar-refractivity contribution in [1.82, 2.24) is 4.98 Å². The first kappa shape index (κ1) is 11.7. The highest BCUT2D eigenvalue weighted by atomic mass is 16.3. The summed E-state index contributed by atoms with van der Waals surface area (Å²) in [5.41, 5.74) is 10.3. The smallest absolute Gasteiger partial charge is 0.198 e. The van der Waals surface area contributed by atoms with Crippen LogP contribution >= 0.6 is 0 Å². The van der Waals surface area contributed by atoms with E-state index in [1.165, 1.54) is 11.1 Å². The molecular formula is C15H20N2O. The summed E-state index contributed by atoms with van der Waals surface area (Å²) in [5.74, 6) is 1.36. The minimum absolute atomic E-state index is 0.370. The Morgan fingerprint density at radius 2 is 1.89 bits per heavy atom. The van der Waals surface area contributed by atoms with Gasteiger partial charge in [-0.3, -0.25) is 0 Å². The van der Waals surface area contributed by atoms with Crippen LogP contribution in [0.5, 0.6) is 0 Å². The molecule has 1 heterocycles. The van der Waals surface area contributed by atoms with E-state index < -0.39 is 0 Å². The number of nitrogens with zero attached hydrogens (tertiary/aromatic N) is 1. The second-order valence-electron chi connectivity index (χ2n) is 5.59. The Balaban J connectivity index is 1.96. The average molecular weight is 244 g/mol. The van der Waals surface area contributed by atoms with Gasteiger partial charge in [-0.15, -0.1) is 0 Å². The zero-order valence-electron chi connectivity index (χ0n) is 11.1. The van der Waals surface area contributed by atoms with Gasteiger partial charge in [-0.2, -0.15) is 0 Å². The van der Waals surface area contributed by atoms with Crippen LogP contribution in [0.4, 0.5) is 0 Å². The van der Waals surface area contributed by atoms with Crippen molar-refractivity contribution in [2.45, 2.75) is 51.5 Å². The molecule has 3 nitrogen and oxygen atoms in total. The van der Waals surface area contributed by atoms with E-state index >= 15 is 0 Å². The zero-order valence-corrected chi connectivity index (χ0v) is 11.1. The Bertz CT molecular complexity index is 565. The molecule has 0 spiro atoms. The summed E-state index contributed by atoms with van der Waals surface area (Å²) in [7, 11) is 0. The van der Waals surface area contributed by atoms with Crippen LogP contribution in [0.2, 0.25) is 0 Å². The summed E-state index contributed by atoms with van der Waals surface area (Å²) in [6.45, 7) is 4.18. The minimum Gasteiger partial charge on any atom is -0.440 e. The Morgan fingerprint density at radius 3 is 2.61 bits per heavy atom. The van der Waals surface area contributed by atoms with Gasteiger partial charge >= 0.3 is 0 Å². The SMILES string of the molecule is Cc1cc(C)c2oc(C3CCC(N)CC3)nc2c1.